The molecule has 2 unspecified atom stereocenters. The first-order chi connectivity index (χ1) is 8.65. The van der Waals surface area contributed by atoms with Crippen LogP contribution in [0.5, 0.6) is 0 Å². The number of nitrogens with zero attached hydrogens (tertiary/aromatic N) is 2. The maximum Gasteiger partial charge on any atom is 0.0579 e. The van der Waals surface area contributed by atoms with Gasteiger partial charge in [-0.2, -0.15) is 0 Å². The minimum absolute atomic E-state index is 0.0149. The molecule has 2 fully saturated rings. The van der Waals surface area contributed by atoms with E-state index < -0.39 is 0 Å². The van der Waals surface area contributed by atoms with E-state index in [9.17, 15) is 5.11 Å². The summed E-state index contributed by atoms with van der Waals surface area (Å²) in [6, 6.07) is 5.10. The van der Waals surface area contributed by atoms with Gasteiger partial charge in [0.25, 0.3) is 0 Å². The summed E-state index contributed by atoms with van der Waals surface area (Å²) >= 11 is 0. The zero-order valence-corrected chi connectivity index (χ0v) is 10.8. The van der Waals surface area contributed by atoms with Crippen LogP contribution in [0.4, 0.5) is 5.69 Å². The summed E-state index contributed by atoms with van der Waals surface area (Å²) in [4.78, 5) is 6.89. The van der Waals surface area contributed by atoms with Crippen LogP contribution in [-0.2, 0) is 0 Å². The zero-order chi connectivity index (χ0) is 12.7. The minimum atomic E-state index is -0.116. The molecule has 0 spiro atoms. The van der Waals surface area contributed by atoms with Crippen molar-refractivity contribution in [2.75, 3.05) is 4.90 Å². The normalized spacial score (nSPS) is 32.6. The molecule has 4 nitrogen and oxygen atoms in total. The first kappa shape index (κ1) is 11.9. The van der Waals surface area contributed by atoms with E-state index in [2.05, 4.69) is 16.0 Å². The molecule has 98 valence electrons. The quantitative estimate of drug-likeness (QED) is 0.833. The van der Waals surface area contributed by atoms with Crippen LogP contribution in [0.15, 0.2) is 18.3 Å². The Morgan fingerprint density at radius 2 is 2.00 bits per heavy atom. The van der Waals surface area contributed by atoms with Crippen molar-refractivity contribution in [1.29, 1.82) is 0 Å². The van der Waals surface area contributed by atoms with Crippen molar-refractivity contribution in [2.24, 2.45) is 5.73 Å². The lowest BCUT2D eigenvalue weighted by atomic mass is 9.99. The van der Waals surface area contributed by atoms with Gasteiger partial charge < -0.3 is 15.7 Å². The van der Waals surface area contributed by atoms with E-state index in [-0.39, 0.29) is 12.1 Å². The van der Waals surface area contributed by atoms with Crippen LogP contribution < -0.4 is 10.6 Å². The van der Waals surface area contributed by atoms with Gasteiger partial charge in [-0.1, -0.05) is 0 Å². The third-order valence-electron chi connectivity index (χ3n) is 4.24. The van der Waals surface area contributed by atoms with Gasteiger partial charge in [-0.15, -0.1) is 0 Å². The van der Waals surface area contributed by atoms with Crippen molar-refractivity contribution in [2.45, 2.75) is 56.8 Å². The van der Waals surface area contributed by atoms with Gasteiger partial charge in [0.15, 0.2) is 0 Å². The van der Waals surface area contributed by atoms with E-state index in [4.69, 9.17) is 5.73 Å². The fourth-order valence-corrected chi connectivity index (χ4v) is 3.39. The lowest BCUT2D eigenvalue weighted by molar-refractivity contribution is 0.126. The molecule has 2 saturated heterocycles. The van der Waals surface area contributed by atoms with Gasteiger partial charge in [0.05, 0.1) is 23.7 Å². The highest BCUT2D eigenvalue weighted by Crippen LogP contribution is 2.39. The summed E-state index contributed by atoms with van der Waals surface area (Å²) in [5, 5.41) is 9.81. The second-order valence-corrected chi connectivity index (χ2v) is 5.65. The molecule has 0 radical (unpaired) electrons. The molecular formula is C14H21N3O. The molecular weight excluding hydrogens is 226 g/mol. The number of aliphatic hydroxyl groups is 1. The highest BCUT2D eigenvalue weighted by Gasteiger charge is 2.40. The van der Waals surface area contributed by atoms with Crippen molar-refractivity contribution in [3.63, 3.8) is 0 Å². The second-order valence-electron chi connectivity index (χ2n) is 5.65. The van der Waals surface area contributed by atoms with Crippen molar-refractivity contribution >= 4 is 5.69 Å². The van der Waals surface area contributed by atoms with Gasteiger partial charge in [-0.3, -0.25) is 4.98 Å². The minimum Gasteiger partial charge on any atom is -0.393 e. The Bertz CT molecular complexity index is 404. The Morgan fingerprint density at radius 1 is 1.33 bits per heavy atom. The SMILES string of the molecule is C[C@@H](N)c1ccc(N2C3CCC2CC(O)C3)cn1. The summed E-state index contributed by atoms with van der Waals surface area (Å²) in [6.07, 6.45) is 5.99. The van der Waals surface area contributed by atoms with Gasteiger partial charge in [0.2, 0.25) is 0 Å². The molecule has 4 heteroatoms. The van der Waals surface area contributed by atoms with E-state index >= 15 is 0 Å². The molecule has 0 aromatic carbocycles. The Morgan fingerprint density at radius 3 is 2.50 bits per heavy atom. The predicted molar refractivity (Wildman–Crippen MR) is 71.4 cm³/mol. The summed E-state index contributed by atoms with van der Waals surface area (Å²) < 4.78 is 0. The average molecular weight is 247 g/mol. The predicted octanol–water partition coefficient (Wildman–Crippen LogP) is 1.59. The molecule has 3 atom stereocenters. The monoisotopic (exact) mass is 247 g/mol. The molecule has 1 aromatic heterocycles. The number of nitrogens with two attached hydrogens (primary N) is 1. The zero-order valence-electron chi connectivity index (χ0n) is 10.8. The van der Waals surface area contributed by atoms with Crippen molar-refractivity contribution < 1.29 is 5.11 Å². The number of anilines is 1. The van der Waals surface area contributed by atoms with Gasteiger partial charge in [0, 0.05) is 18.1 Å². The van der Waals surface area contributed by atoms with Crippen LogP contribution in [0, 0.1) is 0 Å². The Labute approximate surface area is 108 Å². The van der Waals surface area contributed by atoms with Crippen LogP contribution in [0.3, 0.4) is 0 Å². The summed E-state index contributed by atoms with van der Waals surface area (Å²) in [5.41, 5.74) is 7.93. The summed E-state index contributed by atoms with van der Waals surface area (Å²) in [7, 11) is 0. The smallest absolute Gasteiger partial charge is 0.0579 e. The molecule has 0 saturated carbocycles. The summed E-state index contributed by atoms with van der Waals surface area (Å²) in [6.45, 7) is 1.95. The summed E-state index contributed by atoms with van der Waals surface area (Å²) in [5.74, 6) is 0. The second kappa shape index (κ2) is 4.52. The Hall–Kier alpha value is -1.13. The van der Waals surface area contributed by atoms with Gasteiger partial charge in [-0.05, 0) is 44.7 Å². The van der Waals surface area contributed by atoms with Crippen LogP contribution in [0.2, 0.25) is 0 Å². The van der Waals surface area contributed by atoms with E-state index in [1.807, 2.05) is 19.2 Å². The van der Waals surface area contributed by atoms with Crippen LogP contribution in [0.25, 0.3) is 0 Å². The molecule has 3 heterocycles. The fraction of sp³-hybridized carbons (Fsp3) is 0.643. The highest BCUT2D eigenvalue weighted by atomic mass is 16.3. The third-order valence-corrected chi connectivity index (χ3v) is 4.24. The third kappa shape index (κ3) is 1.99. The number of hydrogen-bond donors (Lipinski definition) is 2. The number of rotatable bonds is 2. The van der Waals surface area contributed by atoms with Gasteiger partial charge in [0.1, 0.15) is 0 Å². The molecule has 2 aliphatic heterocycles. The highest BCUT2D eigenvalue weighted by molar-refractivity contribution is 5.49. The number of aromatic nitrogens is 1. The fourth-order valence-electron chi connectivity index (χ4n) is 3.39. The van der Waals surface area contributed by atoms with Crippen LogP contribution >= 0.6 is 0 Å². The number of pyridine rings is 1. The topological polar surface area (TPSA) is 62.4 Å². The van der Waals surface area contributed by atoms with Gasteiger partial charge in [-0.25, -0.2) is 0 Å². The average Bonchev–Trinajstić information content (AvgIpc) is 2.62. The molecule has 18 heavy (non-hydrogen) atoms. The van der Waals surface area contributed by atoms with Crippen molar-refractivity contribution in [3.8, 4) is 0 Å². The lowest BCUT2D eigenvalue weighted by Gasteiger charge is -2.38. The van der Waals surface area contributed by atoms with Gasteiger partial charge >= 0.3 is 0 Å². The van der Waals surface area contributed by atoms with E-state index in [1.165, 1.54) is 18.5 Å². The lowest BCUT2D eigenvalue weighted by Crippen LogP contribution is -2.44. The van der Waals surface area contributed by atoms with E-state index in [1.54, 1.807) is 0 Å². The molecule has 0 aliphatic carbocycles. The molecule has 1 aromatic rings. The maximum atomic E-state index is 9.81. The van der Waals surface area contributed by atoms with Crippen molar-refractivity contribution in [3.05, 3.63) is 24.0 Å². The van der Waals surface area contributed by atoms with Crippen molar-refractivity contribution in [1.82, 2.24) is 4.98 Å². The van der Waals surface area contributed by atoms with Crippen LogP contribution in [0.1, 0.15) is 44.3 Å². The first-order valence-corrected chi connectivity index (χ1v) is 6.83. The molecule has 3 rings (SSSR count). The number of hydrogen-bond acceptors (Lipinski definition) is 4. The Kier molecular flexibility index (Phi) is 2.99. The molecule has 3 N–H and O–H groups in total. The number of aliphatic hydroxyl groups excluding tert-OH is 1. The Balaban J connectivity index is 1.83. The maximum absolute atomic E-state index is 9.81. The molecule has 0 amide bonds. The van der Waals surface area contributed by atoms with Crippen LogP contribution in [-0.4, -0.2) is 28.3 Å². The first-order valence-electron chi connectivity index (χ1n) is 6.83. The standard InChI is InChI=1S/C14H21N3O/c1-9(15)14-5-4-12(8-16-14)17-10-2-3-11(17)7-13(18)6-10/h4-5,8-11,13,18H,2-3,6-7,15H2,1H3/t9-,10?,11?,13?/m1/s1. The van der Waals surface area contributed by atoms with E-state index in [0.29, 0.717) is 12.1 Å². The number of piperidine rings is 1. The molecule has 2 aliphatic rings. The largest absolute Gasteiger partial charge is 0.393 e. The molecule has 2 bridgehead atoms. The number of fused-ring (bicyclic) bond motifs is 2. The van der Waals surface area contributed by atoms with E-state index in [0.717, 1.165) is 18.5 Å².